The summed E-state index contributed by atoms with van der Waals surface area (Å²) >= 11 is 0. The third-order valence-corrected chi connectivity index (χ3v) is 2.21. The standard InChI is InChI=1S/C12H11F3O2.ClH/c1-2-9(11(16)17)6-8-4-3-5-10(7-8)12(13,14)15;/h3-7H,2H2,1H3,(H,16,17);1H. The lowest BCUT2D eigenvalue weighted by atomic mass is 10.1. The lowest BCUT2D eigenvalue weighted by molar-refractivity contribution is -0.137. The Bertz CT molecular complexity index is 453. The van der Waals surface area contributed by atoms with Crippen LogP contribution in [0.3, 0.4) is 0 Å². The fourth-order valence-corrected chi connectivity index (χ4v) is 1.32. The van der Waals surface area contributed by atoms with Gasteiger partial charge in [-0.15, -0.1) is 12.4 Å². The van der Waals surface area contributed by atoms with Crippen LogP contribution in [0.4, 0.5) is 13.2 Å². The smallest absolute Gasteiger partial charge is 0.416 e. The molecule has 0 saturated heterocycles. The highest BCUT2D eigenvalue weighted by molar-refractivity contribution is 5.92. The number of rotatable bonds is 3. The van der Waals surface area contributed by atoms with Gasteiger partial charge in [0.2, 0.25) is 0 Å². The average molecular weight is 281 g/mol. The van der Waals surface area contributed by atoms with Crippen LogP contribution in [0.5, 0.6) is 0 Å². The van der Waals surface area contributed by atoms with Gasteiger partial charge in [0.05, 0.1) is 5.56 Å². The highest BCUT2D eigenvalue weighted by Gasteiger charge is 2.30. The maximum absolute atomic E-state index is 12.4. The summed E-state index contributed by atoms with van der Waals surface area (Å²) in [6.45, 7) is 1.63. The lowest BCUT2D eigenvalue weighted by Gasteiger charge is -2.07. The molecule has 0 bridgehead atoms. The van der Waals surface area contributed by atoms with Crippen molar-refractivity contribution in [2.45, 2.75) is 19.5 Å². The number of alkyl halides is 3. The third-order valence-electron chi connectivity index (χ3n) is 2.21. The van der Waals surface area contributed by atoms with E-state index < -0.39 is 17.7 Å². The molecule has 0 saturated carbocycles. The van der Waals surface area contributed by atoms with E-state index in [-0.39, 0.29) is 30.0 Å². The molecule has 0 fully saturated rings. The van der Waals surface area contributed by atoms with Crippen molar-refractivity contribution in [2.24, 2.45) is 0 Å². The fourth-order valence-electron chi connectivity index (χ4n) is 1.32. The summed E-state index contributed by atoms with van der Waals surface area (Å²) in [6, 6.07) is 4.57. The largest absolute Gasteiger partial charge is 0.478 e. The van der Waals surface area contributed by atoms with Crippen molar-refractivity contribution in [1.29, 1.82) is 0 Å². The number of carboxylic acids is 1. The number of carbonyl (C=O) groups is 1. The van der Waals surface area contributed by atoms with Crippen LogP contribution in [0.1, 0.15) is 24.5 Å². The lowest BCUT2D eigenvalue weighted by Crippen LogP contribution is -2.05. The van der Waals surface area contributed by atoms with Crippen LogP contribution < -0.4 is 0 Å². The summed E-state index contributed by atoms with van der Waals surface area (Å²) in [6.07, 6.45) is -2.91. The summed E-state index contributed by atoms with van der Waals surface area (Å²) in [4.78, 5) is 10.7. The Balaban J connectivity index is 0.00000289. The highest BCUT2D eigenvalue weighted by Crippen LogP contribution is 2.30. The fraction of sp³-hybridized carbons (Fsp3) is 0.250. The normalized spacial score (nSPS) is 11.9. The molecular weight excluding hydrogens is 269 g/mol. The van der Waals surface area contributed by atoms with Crippen LogP contribution in [-0.4, -0.2) is 11.1 Å². The number of halogens is 4. The van der Waals surface area contributed by atoms with Gasteiger partial charge < -0.3 is 5.11 Å². The van der Waals surface area contributed by atoms with Crippen LogP contribution >= 0.6 is 12.4 Å². The molecule has 0 aromatic heterocycles. The Kier molecular flexibility index (Phi) is 5.91. The molecule has 0 heterocycles. The maximum Gasteiger partial charge on any atom is 0.416 e. The maximum atomic E-state index is 12.4. The van der Waals surface area contributed by atoms with Gasteiger partial charge in [-0.05, 0) is 30.2 Å². The summed E-state index contributed by atoms with van der Waals surface area (Å²) in [5.41, 5.74) is -0.476. The zero-order valence-electron chi connectivity index (χ0n) is 9.49. The summed E-state index contributed by atoms with van der Waals surface area (Å²) in [5.74, 6) is -1.12. The minimum atomic E-state index is -4.42. The second-order valence-electron chi connectivity index (χ2n) is 3.45. The van der Waals surface area contributed by atoms with Gasteiger partial charge in [0.25, 0.3) is 0 Å². The number of hydrogen-bond acceptors (Lipinski definition) is 1. The van der Waals surface area contributed by atoms with Crippen LogP contribution in [0.2, 0.25) is 0 Å². The van der Waals surface area contributed by atoms with E-state index in [2.05, 4.69) is 0 Å². The van der Waals surface area contributed by atoms with Gasteiger partial charge in [0.15, 0.2) is 0 Å². The number of aliphatic carboxylic acids is 1. The molecule has 0 spiro atoms. The van der Waals surface area contributed by atoms with E-state index in [1.54, 1.807) is 6.92 Å². The Hall–Kier alpha value is -1.49. The second-order valence-corrected chi connectivity index (χ2v) is 3.45. The van der Waals surface area contributed by atoms with Crippen molar-refractivity contribution in [1.82, 2.24) is 0 Å². The van der Waals surface area contributed by atoms with Crippen molar-refractivity contribution in [3.8, 4) is 0 Å². The first kappa shape index (κ1) is 16.5. The van der Waals surface area contributed by atoms with E-state index in [1.807, 2.05) is 0 Å². The van der Waals surface area contributed by atoms with Crippen molar-refractivity contribution in [3.63, 3.8) is 0 Å². The molecule has 1 rings (SSSR count). The van der Waals surface area contributed by atoms with Crippen molar-refractivity contribution in [2.75, 3.05) is 0 Å². The molecular formula is C12H12ClF3O2. The van der Waals surface area contributed by atoms with Crippen LogP contribution in [0, 0.1) is 0 Å². The van der Waals surface area contributed by atoms with E-state index in [1.165, 1.54) is 18.2 Å². The van der Waals surface area contributed by atoms with E-state index >= 15 is 0 Å². The first-order chi connectivity index (χ1) is 7.84. The van der Waals surface area contributed by atoms with E-state index in [0.29, 0.717) is 0 Å². The molecule has 1 aromatic rings. The van der Waals surface area contributed by atoms with Gasteiger partial charge in [-0.2, -0.15) is 13.2 Å². The third kappa shape index (κ3) is 4.41. The first-order valence-corrected chi connectivity index (χ1v) is 4.95. The predicted molar refractivity (Wildman–Crippen MR) is 64.6 cm³/mol. The van der Waals surface area contributed by atoms with Gasteiger partial charge in [0.1, 0.15) is 0 Å². The van der Waals surface area contributed by atoms with E-state index in [4.69, 9.17) is 5.11 Å². The van der Waals surface area contributed by atoms with E-state index in [0.717, 1.165) is 12.1 Å². The SMILES string of the molecule is CCC(=Cc1cccc(C(F)(F)F)c1)C(=O)O.Cl. The van der Waals surface area contributed by atoms with Crippen LogP contribution in [0.25, 0.3) is 6.08 Å². The highest BCUT2D eigenvalue weighted by atomic mass is 35.5. The second kappa shape index (κ2) is 6.44. The molecule has 18 heavy (non-hydrogen) atoms. The summed E-state index contributed by atoms with van der Waals surface area (Å²) < 4.78 is 37.2. The van der Waals surface area contributed by atoms with Crippen molar-refractivity contribution in [3.05, 3.63) is 41.0 Å². The molecule has 2 nitrogen and oxygen atoms in total. The van der Waals surface area contributed by atoms with Gasteiger partial charge >= 0.3 is 12.1 Å². The molecule has 0 radical (unpaired) electrons. The van der Waals surface area contributed by atoms with Gasteiger partial charge in [-0.3, -0.25) is 0 Å². The molecule has 1 aromatic carbocycles. The zero-order chi connectivity index (χ0) is 13.1. The number of carboxylic acid groups (broad SMARTS) is 1. The molecule has 0 unspecified atom stereocenters. The number of hydrogen-bond donors (Lipinski definition) is 1. The minimum Gasteiger partial charge on any atom is -0.478 e. The first-order valence-electron chi connectivity index (χ1n) is 4.95. The molecule has 0 aliphatic heterocycles. The van der Waals surface area contributed by atoms with Gasteiger partial charge in [0, 0.05) is 5.57 Å². The Labute approximate surface area is 109 Å². The van der Waals surface area contributed by atoms with Crippen molar-refractivity contribution < 1.29 is 23.1 Å². The number of benzene rings is 1. The Morgan fingerprint density at radius 1 is 1.39 bits per heavy atom. The van der Waals surface area contributed by atoms with Crippen LogP contribution in [-0.2, 0) is 11.0 Å². The Morgan fingerprint density at radius 2 is 2.00 bits per heavy atom. The Morgan fingerprint density at radius 3 is 2.44 bits per heavy atom. The molecule has 6 heteroatoms. The quantitative estimate of drug-likeness (QED) is 0.850. The monoisotopic (exact) mass is 280 g/mol. The van der Waals surface area contributed by atoms with Gasteiger partial charge in [-0.25, -0.2) is 4.79 Å². The van der Waals surface area contributed by atoms with Crippen molar-refractivity contribution >= 4 is 24.5 Å². The summed E-state index contributed by atoms with van der Waals surface area (Å²) in [5, 5.41) is 8.77. The molecule has 100 valence electrons. The van der Waals surface area contributed by atoms with E-state index in [9.17, 15) is 18.0 Å². The predicted octanol–water partition coefficient (Wildman–Crippen LogP) is 4.01. The molecule has 0 aliphatic rings. The molecule has 1 N–H and O–H groups in total. The van der Waals surface area contributed by atoms with Crippen LogP contribution in [0.15, 0.2) is 29.8 Å². The molecule has 0 atom stereocenters. The molecule has 0 amide bonds. The average Bonchev–Trinajstić information content (AvgIpc) is 2.24. The zero-order valence-corrected chi connectivity index (χ0v) is 10.3. The van der Waals surface area contributed by atoms with Gasteiger partial charge in [-0.1, -0.05) is 19.1 Å². The topological polar surface area (TPSA) is 37.3 Å². The minimum absolute atomic E-state index is 0. The molecule has 0 aliphatic carbocycles. The summed E-state index contributed by atoms with van der Waals surface area (Å²) in [7, 11) is 0.